The lowest BCUT2D eigenvalue weighted by Gasteiger charge is -2.15. The first-order valence-electron chi connectivity index (χ1n) is 6.16. The Kier molecular flexibility index (Phi) is 4.77. The highest BCUT2D eigenvalue weighted by Gasteiger charge is 2.05. The van der Waals surface area contributed by atoms with Crippen molar-refractivity contribution in [1.82, 2.24) is 4.98 Å². The summed E-state index contributed by atoms with van der Waals surface area (Å²) in [5.41, 5.74) is 0.832. The van der Waals surface area contributed by atoms with Crippen LogP contribution >= 0.6 is 0 Å². The van der Waals surface area contributed by atoms with Crippen LogP contribution in [0.2, 0.25) is 0 Å². The molecule has 4 heteroatoms. The molecule has 1 aromatic rings. The van der Waals surface area contributed by atoms with Gasteiger partial charge in [-0.25, -0.2) is 0 Å². The third-order valence-corrected chi connectivity index (χ3v) is 2.52. The van der Waals surface area contributed by atoms with Crippen molar-refractivity contribution in [1.29, 1.82) is 5.26 Å². The lowest BCUT2D eigenvalue weighted by Crippen LogP contribution is -2.05. The van der Waals surface area contributed by atoms with Crippen molar-refractivity contribution < 1.29 is 4.74 Å². The van der Waals surface area contributed by atoms with Gasteiger partial charge in [-0.3, -0.25) is 4.98 Å². The van der Waals surface area contributed by atoms with E-state index in [4.69, 9.17) is 10.00 Å². The zero-order valence-corrected chi connectivity index (χ0v) is 10.5. The number of nitrogens with zero attached hydrogens (tertiary/aromatic N) is 2. The van der Waals surface area contributed by atoms with Gasteiger partial charge >= 0.3 is 0 Å². The van der Waals surface area contributed by atoms with Crippen molar-refractivity contribution in [3.8, 4) is 6.07 Å². The maximum absolute atomic E-state index is 8.67. The summed E-state index contributed by atoms with van der Waals surface area (Å²) in [4.78, 5) is 4.03. The molecule has 19 heavy (non-hydrogen) atoms. The Balaban J connectivity index is 2.06. The van der Waals surface area contributed by atoms with Gasteiger partial charge in [0.25, 0.3) is 0 Å². The van der Waals surface area contributed by atoms with Crippen LogP contribution in [-0.4, -0.2) is 4.98 Å². The molecule has 1 heterocycles. The van der Waals surface area contributed by atoms with Gasteiger partial charge in [-0.1, -0.05) is 12.2 Å². The van der Waals surface area contributed by atoms with Gasteiger partial charge in [-0.15, -0.1) is 0 Å². The Morgan fingerprint density at radius 2 is 2.53 bits per heavy atom. The van der Waals surface area contributed by atoms with Crippen LogP contribution in [0.15, 0.2) is 60.5 Å². The van der Waals surface area contributed by atoms with E-state index in [-0.39, 0.29) is 0 Å². The highest BCUT2D eigenvalue weighted by molar-refractivity contribution is 5.44. The predicted octanol–water partition coefficient (Wildman–Crippen LogP) is 3.50. The molecular weight excluding hydrogens is 238 g/mol. The van der Waals surface area contributed by atoms with E-state index in [0.29, 0.717) is 12.3 Å². The van der Waals surface area contributed by atoms with Crippen molar-refractivity contribution >= 4 is 5.69 Å². The number of allylic oxidation sites excluding steroid dienone is 5. The van der Waals surface area contributed by atoms with E-state index < -0.39 is 0 Å². The molecule has 0 unspecified atom stereocenters. The molecule has 0 radical (unpaired) electrons. The predicted molar refractivity (Wildman–Crippen MR) is 73.7 cm³/mol. The van der Waals surface area contributed by atoms with E-state index in [0.717, 1.165) is 24.3 Å². The van der Waals surface area contributed by atoms with Crippen molar-refractivity contribution in [2.75, 3.05) is 5.32 Å². The molecule has 0 aromatic carbocycles. The number of anilines is 1. The Hall–Kier alpha value is -2.54. The molecular formula is C15H15N3O. The molecule has 1 aliphatic carbocycles. The van der Waals surface area contributed by atoms with Gasteiger partial charge in [-0.05, 0) is 30.7 Å². The smallest absolute Gasteiger partial charge is 0.194 e. The zero-order chi connectivity index (χ0) is 13.3. The van der Waals surface area contributed by atoms with E-state index in [2.05, 4.69) is 22.4 Å². The van der Waals surface area contributed by atoms with Gasteiger partial charge in [0.05, 0.1) is 24.4 Å². The summed E-state index contributed by atoms with van der Waals surface area (Å²) >= 11 is 0. The average molecular weight is 253 g/mol. The first-order valence-corrected chi connectivity index (χ1v) is 6.16. The van der Waals surface area contributed by atoms with Gasteiger partial charge in [0.15, 0.2) is 5.88 Å². The molecule has 0 amide bonds. The lowest BCUT2D eigenvalue weighted by atomic mass is 10.2. The largest absolute Gasteiger partial charge is 0.446 e. The molecule has 2 rings (SSSR count). The van der Waals surface area contributed by atoms with Gasteiger partial charge < -0.3 is 10.1 Å². The van der Waals surface area contributed by atoms with Crippen molar-refractivity contribution in [2.45, 2.75) is 19.3 Å². The summed E-state index contributed by atoms with van der Waals surface area (Å²) in [6.07, 6.45) is 13.3. The second-order valence-corrected chi connectivity index (χ2v) is 4.00. The first-order chi connectivity index (χ1) is 9.38. The Labute approximate surface area is 112 Å². The number of ether oxygens (including phenoxy) is 1. The topological polar surface area (TPSA) is 57.9 Å². The molecule has 0 bridgehead atoms. The van der Waals surface area contributed by atoms with E-state index in [1.165, 1.54) is 0 Å². The molecule has 1 aliphatic rings. The maximum atomic E-state index is 8.67. The lowest BCUT2D eigenvalue weighted by molar-refractivity contribution is 0.294. The third-order valence-electron chi connectivity index (χ3n) is 2.52. The standard InChI is InChI=1S/C15H15N3O/c16-10-4-9-15(18-13-6-5-11-17-12-13)19-14-7-2-1-3-8-14/h1-2,5-7,9,11-12,18H,3-4,8H2/b15-9-. The summed E-state index contributed by atoms with van der Waals surface area (Å²) in [6.45, 7) is 0. The molecule has 96 valence electrons. The van der Waals surface area contributed by atoms with Crippen LogP contribution in [0.4, 0.5) is 5.69 Å². The Morgan fingerprint density at radius 3 is 3.21 bits per heavy atom. The van der Waals surface area contributed by atoms with Gasteiger partial charge in [-0.2, -0.15) is 5.26 Å². The maximum Gasteiger partial charge on any atom is 0.194 e. The first kappa shape index (κ1) is 12.9. The quantitative estimate of drug-likeness (QED) is 0.816. The highest BCUT2D eigenvalue weighted by atomic mass is 16.5. The van der Waals surface area contributed by atoms with E-state index in [9.17, 15) is 0 Å². The van der Waals surface area contributed by atoms with E-state index in [1.807, 2.05) is 24.3 Å². The molecule has 0 fully saturated rings. The van der Waals surface area contributed by atoms with Gasteiger partial charge in [0.2, 0.25) is 0 Å². The van der Waals surface area contributed by atoms with Crippen LogP contribution < -0.4 is 5.32 Å². The SMILES string of the molecule is N#CC/C=C(/Nc1cccnc1)OC1=CC=CCC1. The van der Waals surface area contributed by atoms with Crippen LogP contribution in [0.1, 0.15) is 19.3 Å². The number of hydrogen-bond acceptors (Lipinski definition) is 4. The number of aromatic nitrogens is 1. The van der Waals surface area contributed by atoms with Crippen LogP contribution in [0, 0.1) is 11.3 Å². The molecule has 1 aromatic heterocycles. The average Bonchev–Trinajstić information content (AvgIpc) is 2.47. The van der Waals surface area contributed by atoms with Crippen LogP contribution in [0.5, 0.6) is 0 Å². The number of pyridine rings is 1. The fraction of sp³-hybridized carbons (Fsp3) is 0.200. The fourth-order valence-electron chi connectivity index (χ4n) is 1.64. The molecule has 0 aliphatic heterocycles. The highest BCUT2D eigenvalue weighted by Crippen LogP contribution is 2.18. The summed E-state index contributed by atoms with van der Waals surface area (Å²) < 4.78 is 5.78. The minimum Gasteiger partial charge on any atom is -0.446 e. The normalized spacial score (nSPS) is 14.5. The van der Waals surface area contributed by atoms with Crippen molar-refractivity contribution in [3.63, 3.8) is 0 Å². The van der Waals surface area contributed by atoms with Gasteiger partial charge in [0, 0.05) is 12.6 Å². The van der Waals surface area contributed by atoms with Crippen molar-refractivity contribution in [2.24, 2.45) is 0 Å². The van der Waals surface area contributed by atoms with Crippen LogP contribution in [0.25, 0.3) is 0 Å². The van der Waals surface area contributed by atoms with Crippen LogP contribution in [0.3, 0.4) is 0 Å². The molecule has 0 saturated carbocycles. The van der Waals surface area contributed by atoms with Gasteiger partial charge in [0.1, 0.15) is 5.76 Å². The summed E-state index contributed by atoms with van der Waals surface area (Å²) in [5.74, 6) is 1.46. The fourth-order valence-corrected chi connectivity index (χ4v) is 1.64. The number of rotatable bonds is 5. The molecule has 0 saturated heterocycles. The molecule has 0 spiro atoms. The monoisotopic (exact) mass is 253 g/mol. The second kappa shape index (κ2) is 7.02. The number of hydrogen-bond donors (Lipinski definition) is 1. The van der Waals surface area contributed by atoms with E-state index >= 15 is 0 Å². The zero-order valence-electron chi connectivity index (χ0n) is 10.5. The molecule has 4 nitrogen and oxygen atoms in total. The third kappa shape index (κ3) is 4.32. The summed E-state index contributed by atoms with van der Waals surface area (Å²) in [5, 5.41) is 11.8. The Bertz CT molecular complexity index is 538. The minimum atomic E-state index is 0.297. The summed E-state index contributed by atoms with van der Waals surface area (Å²) in [6, 6.07) is 5.81. The Morgan fingerprint density at radius 1 is 1.58 bits per heavy atom. The minimum absolute atomic E-state index is 0.297. The van der Waals surface area contributed by atoms with Crippen molar-refractivity contribution in [3.05, 3.63) is 60.5 Å². The summed E-state index contributed by atoms with van der Waals surface area (Å²) in [7, 11) is 0. The second-order valence-electron chi connectivity index (χ2n) is 4.00. The molecule has 1 N–H and O–H groups in total. The number of nitriles is 1. The number of nitrogens with one attached hydrogen (secondary N) is 1. The van der Waals surface area contributed by atoms with E-state index in [1.54, 1.807) is 18.5 Å². The van der Waals surface area contributed by atoms with Crippen LogP contribution in [-0.2, 0) is 4.74 Å². The molecule has 0 atom stereocenters.